The Labute approximate surface area is 114 Å². The van der Waals surface area contributed by atoms with Gasteiger partial charge in [-0.3, -0.25) is 4.79 Å². The van der Waals surface area contributed by atoms with Crippen LogP contribution in [-0.2, 0) is 11.3 Å². The average molecular weight is 258 g/mol. The van der Waals surface area contributed by atoms with Crippen molar-refractivity contribution in [3.8, 4) is 0 Å². The number of fused-ring (bicyclic) bond motifs is 1. The first kappa shape index (κ1) is 13.7. The maximum Gasteiger partial charge on any atom is 0.240 e. The predicted molar refractivity (Wildman–Crippen MR) is 79.2 cm³/mol. The van der Waals surface area contributed by atoms with E-state index in [-0.39, 0.29) is 11.9 Å². The highest BCUT2D eigenvalue weighted by Crippen LogP contribution is 2.18. The van der Waals surface area contributed by atoms with E-state index in [2.05, 4.69) is 41.9 Å². The molecule has 0 aliphatic heterocycles. The van der Waals surface area contributed by atoms with Crippen molar-refractivity contribution in [3.63, 3.8) is 0 Å². The highest BCUT2D eigenvalue weighted by atomic mass is 16.2. The second-order valence-electron chi connectivity index (χ2n) is 5.01. The van der Waals surface area contributed by atoms with E-state index in [4.69, 9.17) is 0 Å². The number of hydrogen-bond donors (Lipinski definition) is 1. The summed E-state index contributed by atoms with van der Waals surface area (Å²) in [5, 5.41) is 4.28. The highest BCUT2D eigenvalue weighted by molar-refractivity contribution is 5.84. The molecule has 3 nitrogen and oxygen atoms in total. The number of amides is 1. The predicted octanol–water partition coefficient (Wildman–Crippen LogP) is 3.25. The molecule has 3 heteroatoms. The summed E-state index contributed by atoms with van der Waals surface area (Å²) in [6, 6.07) is 10.6. The number of para-hydroxylation sites is 1. The Kier molecular flexibility index (Phi) is 4.25. The normalized spacial score (nSPS) is 11.2. The van der Waals surface area contributed by atoms with Gasteiger partial charge in [-0.1, -0.05) is 32.0 Å². The fourth-order valence-corrected chi connectivity index (χ4v) is 2.47. The third-order valence-electron chi connectivity index (χ3n) is 3.67. The molecule has 0 saturated heterocycles. The lowest BCUT2D eigenvalue weighted by Crippen LogP contribution is -2.36. The van der Waals surface area contributed by atoms with E-state index in [0.29, 0.717) is 6.54 Å². The van der Waals surface area contributed by atoms with Crippen LogP contribution in [0.25, 0.3) is 10.9 Å². The van der Waals surface area contributed by atoms with Gasteiger partial charge in [-0.25, -0.2) is 0 Å². The van der Waals surface area contributed by atoms with E-state index in [1.165, 1.54) is 5.39 Å². The van der Waals surface area contributed by atoms with Crippen LogP contribution in [0.1, 0.15) is 32.4 Å². The molecule has 0 bridgehead atoms. The molecule has 0 radical (unpaired) electrons. The summed E-state index contributed by atoms with van der Waals surface area (Å²) in [7, 11) is 0. The molecule has 1 heterocycles. The number of nitrogens with one attached hydrogen (secondary N) is 1. The first-order valence-corrected chi connectivity index (χ1v) is 7.00. The maximum atomic E-state index is 12.1. The molecule has 1 aromatic carbocycles. The molecule has 1 aromatic heterocycles. The zero-order valence-corrected chi connectivity index (χ0v) is 11.9. The molecular formula is C16H22N2O. The van der Waals surface area contributed by atoms with Gasteiger partial charge in [0, 0.05) is 17.3 Å². The van der Waals surface area contributed by atoms with Crippen LogP contribution in [0.3, 0.4) is 0 Å². The van der Waals surface area contributed by atoms with Crippen LogP contribution in [0.2, 0.25) is 0 Å². The SMILES string of the molecule is CCC(CC)NC(=O)Cn1c(C)cc2ccccc21. The largest absolute Gasteiger partial charge is 0.352 e. The second-order valence-corrected chi connectivity index (χ2v) is 5.01. The topological polar surface area (TPSA) is 34.0 Å². The molecule has 19 heavy (non-hydrogen) atoms. The van der Waals surface area contributed by atoms with Gasteiger partial charge in [0.1, 0.15) is 6.54 Å². The lowest BCUT2D eigenvalue weighted by atomic mass is 10.2. The summed E-state index contributed by atoms with van der Waals surface area (Å²) < 4.78 is 2.08. The fourth-order valence-electron chi connectivity index (χ4n) is 2.47. The summed E-state index contributed by atoms with van der Waals surface area (Å²) in [6.45, 7) is 6.65. The second kappa shape index (κ2) is 5.91. The highest BCUT2D eigenvalue weighted by Gasteiger charge is 2.11. The first-order chi connectivity index (χ1) is 9.15. The van der Waals surface area contributed by atoms with E-state index in [9.17, 15) is 4.79 Å². The molecule has 2 aromatic rings. The number of nitrogens with zero attached hydrogens (tertiary/aromatic N) is 1. The van der Waals surface area contributed by atoms with E-state index >= 15 is 0 Å². The van der Waals surface area contributed by atoms with Gasteiger partial charge in [0.15, 0.2) is 0 Å². The quantitative estimate of drug-likeness (QED) is 0.877. The van der Waals surface area contributed by atoms with Crippen molar-refractivity contribution in [1.82, 2.24) is 9.88 Å². The van der Waals surface area contributed by atoms with Crippen LogP contribution in [0, 0.1) is 6.92 Å². The summed E-state index contributed by atoms with van der Waals surface area (Å²) in [5.41, 5.74) is 2.25. The summed E-state index contributed by atoms with van der Waals surface area (Å²) >= 11 is 0. The van der Waals surface area contributed by atoms with Crippen molar-refractivity contribution in [2.45, 2.75) is 46.2 Å². The van der Waals surface area contributed by atoms with Gasteiger partial charge in [-0.15, -0.1) is 0 Å². The van der Waals surface area contributed by atoms with Crippen molar-refractivity contribution in [1.29, 1.82) is 0 Å². The third kappa shape index (κ3) is 2.98. The Morgan fingerprint density at radius 1 is 1.26 bits per heavy atom. The molecular weight excluding hydrogens is 236 g/mol. The van der Waals surface area contributed by atoms with E-state index < -0.39 is 0 Å². The van der Waals surface area contributed by atoms with Crippen molar-refractivity contribution < 1.29 is 4.79 Å². The average Bonchev–Trinajstić information content (AvgIpc) is 2.72. The van der Waals surface area contributed by atoms with E-state index in [0.717, 1.165) is 24.1 Å². The van der Waals surface area contributed by atoms with Gasteiger partial charge in [0.05, 0.1) is 0 Å². The molecule has 102 valence electrons. The molecule has 1 N–H and O–H groups in total. The van der Waals surface area contributed by atoms with Gasteiger partial charge >= 0.3 is 0 Å². The summed E-state index contributed by atoms with van der Waals surface area (Å²) in [5.74, 6) is 0.0955. The van der Waals surface area contributed by atoms with Crippen LogP contribution in [0.15, 0.2) is 30.3 Å². The Morgan fingerprint density at radius 2 is 1.95 bits per heavy atom. The molecule has 2 rings (SSSR count). The van der Waals surface area contributed by atoms with Gasteiger partial charge in [0.25, 0.3) is 0 Å². The van der Waals surface area contributed by atoms with Crippen LogP contribution < -0.4 is 5.32 Å². The van der Waals surface area contributed by atoms with Crippen molar-refractivity contribution in [2.75, 3.05) is 0 Å². The molecule has 0 saturated carbocycles. The first-order valence-electron chi connectivity index (χ1n) is 7.00. The minimum absolute atomic E-state index is 0.0955. The minimum Gasteiger partial charge on any atom is -0.352 e. The smallest absolute Gasteiger partial charge is 0.240 e. The Balaban J connectivity index is 2.17. The van der Waals surface area contributed by atoms with Crippen molar-refractivity contribution in [2.24, 2.45) is 0 Å². The Bertz CT molecular complexity index is 567. The third-order valence-corrected chi connectivity index (χ3v) is 3.67. The van der Waals surface area contributed by atoms with Crippen molar-refractivity contribution in [3.05, 3.63) is 36.0 Å². The molecule has 0 atom stereocenters. The lowest BCUT2D eigenvalue weighted by molar-refractivity contribution is -0.122. The number of aromatic nitrogens is 1. The zero-order valence-electron chi connectivity index (χ0n) is 11.9. The molecule has 1 amide bonds. The van der Waals surface area contributed by atoms with Gasteiger partial charge < -0.3 is 9.88 Å². The zero-order chi connectivity index (χ0) is 13.8. The number of carbonyl (C=O) groups excluding carboxylic acids is 1. The Hall–Kier alpha value is -1.77. The van der Waals surface area contributed by atoms with E-state index in [1.807, 2.05) is 19.1 Å². The monoisotopic (exact) mass is 258 g/mol. The van der Waals surface area contributed by atoms with Gasteiger partial charge in [-0.05, 0) is 37.3 Å². The standard InChI is InChI=1S/C16H22N2O/c1-4-14(5-2)17-16(19)11-18-12(3)10-13-8-6-7-9-15(13)18/h6-10,14H,4-5,11H2,1-3H3,(H,17,19). The fraction of sp³-hybridized carbons (Fsp3) is 0.438. The molecule has 0 fully saturated rings. The minimum atomic E-state index is 0.0955. The van der Waals surface area contributed by atoms with Crippen LogP contribution in [-0.4, -0.2) is 16.5 Å². The van der Waals surface area contributed by atoms with Crippen LogP contribution >= 0.6 is 0 Å². The molecule has 0 aliphatic carbocycles. The van der Waals surface area contributed by atoms with Gasteiger partial charge in [0.2, 0.25) is 5.91 Å². The molecule has 0 unspecified atom stereocenters. The number of carbonyl (C=O) groups is 1. The lowest BCUT2D eigenvalue weighted by Gasteiger charge is -2.16. The van der Waals surface area contributed by atoms with Gasteiger partial charge in [-0.2, -0.15) is 0 Å². The Morgan fingerprint density at radius 3 is 2.63 bits per heavy atom. The van der Waals surface area contributed by atoms with Crippen LogP contribution in [0.4, 0.5) is 0 Å². The number of rotatable bonds is 5. The van der Waals surface area contributed by atoms with Crippen LogP contribution in [0.5, 0.6) is 0 Å². The van der Waals surface area contributed by atoms with Crippen molar-refractivity contribution >= 4 is 16.8 Å². The maximum absolute atomic E-state index is 12.1. The summed E-state index contributed by atoms with van der Waals surface area (Å²) in [6.07, 6.45) is 1.96. The number of hydrogen-bond acceptors (Lipinski definition) is 1. The van der Waals surface area contributed by atoms with E-state index in [1.54, 1.807) is 0 Å². The molecule has 0 spiro atoms. The summed E-state index contributed by atoms with van der Waals surface area (Å²) in [4.78, 5) is 12.1. The molecule has 0 aliphatic rings. The number of aryl methyl sites for hydroxylation is 1. The number of benzene rings is 1.